The maximum atomic E-state index is 13.5. The minimum absolute atomic E-state index is 0.0974. The molecule has 0 radical (unpaired) electrons. The zero-order valence-electron chi connectivity index (χ0n) is 16.7. The molecule has 0 atom stereocenters. The standard InChI is InChI=1S/C24H23FN2O2S/c1-17-7-8-19(13-22(17)25)14-26-23(28)16-30-15-18-9-11-20(12-10-18)24(29)27-21-5-3-2-4-6-21/h2-13H,14-16H2,1H3,(H,26,28)(H,27,29). The first-order valence-corrected chi connectivity index (χ1v) is 10.7. The molecule has 0 spiro atoms. The maximum Gasteiger partial charge on any atom is 0.255 e. The summed E-state index contributed by atoms with van der Waals surface area (Å²) in [7, 11) is 0. The number of amides is 2. The molecule has 0 aliphatic heterocycles. The molecule has 4 nitrogen and oxygen atoms in total. The van der Waals surface area contributed by atoms with Gasteiger partial charge < -0.3 is 10.6 Å². The second-order valence-corrected chi connectivity index (χ2v) is 7.86. The van der Waals surface area contributed by atoms with Gasteiger partial charge in [-0.1, -0.05) is 42.5 Å². The van der Waals surface area contributed by atoms with Crippen molar-refractivity contribution in [1.29, 1.82) is 0 Å². The first-order chi connectivity index (χ1) is 14.5. The number of halogens is 1. The van der Waals surface area contributed by atoms with Gasteiger partial charge in [0, 0.05) is 23.5 Å². The molecule has 3 rings (SSSR count). The molecular weight excluding hydrogens is 399 g/mol. The van der Waals surface area contributed by atoms with E-state index < -0.39 is 0 Å². The van der Waals surface area contributed by atoms with Gasteiger partial charge in [-0.2, -0.15) is 0 Å². The largest absolute Gasteiger partial charge is 0.351 e. The van der Waals surface area contributed by atoms with E-state index in [-0.39, 0.29) is 17.6 Å². The Kier molecular flexibility index (Phi) is 7.63. The fraction of sp³-hybridized carbons (Fsp3) is 0.167. The number of benzene rings is 3. The summed E-state index contributed by atoms with van der Waals surface area (Å²) in [4.78, 5) is 24.3. The highest BCUT2D eigenvalue weighted by Crippen LogP contribution is 2.15. The molecule has 30 heavy (non-hydrogen) atoms. The number of hydrogen-bond acceptors (Lipinski definition) is 3. The third-order valence-electron chi connectivity index (χ3n) is 4.48. The van der Waals surface area contributed by atoms with E-state index in [9.17, 15) is 14.0 Å². The quantitative estimate of drug-likeness (QED) is 0.541. The SMILES string of the molecule is Cc1ccc(CNC(=O)CSCc2ccc(C(=O)Nc3ccccc3)cc2)cc1F. The van der Waals surface area contributed by atoms with Gasteiger partial charge in [-0.05, 0) is 53.9 Å². The fourth-order valence-electron chi connectivity index (χ4n) is 2.74. The van der Waals surface area contributed by atoms with Crippen LogP contribution in [0.1, 0.15) is 27.0 Å². The highest BCUT2D eigenvalue weighted by Gasteiger charge is 2.07. The molecule has 3 aromatic rings. The number of rotatable bonds is 8. The summed E-state index contributed by atoms with van der Waals surface area (Å²) in [5.41, 5.74) is 3.69. The van der Waals surface area contributed by atoms with Gasteiger partial charge in [0.25, 0.3) is 5.91 Å². The molecule has 154 valence electrons. The lowest BCUT2D eigenvalue weighted by atomic mass is 10.1. The topological polar surface area (TPSA) is 58.2 Å². The van der Waals surface area contributed by atoms with Gasteiger partial charge in [-0.25, -0.2) is 4.39 Å². The third kappa shape index (κ3) is 6.46. The van der Waals surface area contributed by atoms with Crippen molar-refractivity contribution in [3.05, 3.63) is 101 Å². The Hall–Kier alpha value is -3.12. The Labute approximate surface area is 179 Å². The zero-order chi connectivity index (χ0) is 21.3. The van der Waals surface area contributed by atoms with Crippen molar-refractivity contribution in [1.82, 2.24) is 5.32 Å². The van der Waals surface area contributed by atoms with Crippen molar-refractivity contribution in [2.75, 3.05) is 11.1 Å². The molecule has 6 heteroatoms. The van der Waals surface area contributed by atoms with Crippen LogP contribution >= 0.6 is 11.8 Å². The van der Waals surface area contributed by atoms with E-state index >= 15 is 0 Å². The molecule has 0 heterocycles. The van der Waals surface area contributed by atoms with Crippen molar-refractivity contribution in [3.8, 4) is 0 Å². The first kappa shape index (κ1) is 21.6. The molecular formula is C24H23FN2O2S. The van der Waals surface area contributed by atoms with E-state index in [1.54, 1.807) is 31.2 Å². The molecule has 0 unspecified atom stereocenters. The van der Waals surface area contributed by atoms with Gasteiger partial charge in [-0.3, -0.25) is 9.59 Å². The summed E-state index contributed by atoms with van der Waals surface area (Å²) in [6.45, 7) is 2.01. The smallest absolute Gasteiger partial charge is 0.255 e. The average molecular weight is 423 g/mol. The molecule has 0 fully saturated rings. The molecule has 0 aliphatic rings. The summed E-state index contributed by atoms with van der Waals surface area (Å²) < 4.78 is 13.5. The molecule has 2 N–H and O–H groups in total. The predicted octanol–water partition coefficient (Wildman–Crippen LogP) is 4.94. The van der Waals surface area contributed by atoms with Crippen LogP contribution in [-0.2, 0) is 17.1 Å². The predicted molar refractivity (Wildman–Crippen MR) is 120 cm³/mol. The summed E-state index contributed by atoms with van der Waals surface area (Å²) in [6, 6.07) is 21.6. The number of hydrogen-bond donors (Lipinski definition) is 2. The minimum Gasteiger partial charge on any atom is -0.351 e. The van der Waals surface area contributed by atoms with E-state index in [0.717, 1.165) is 16.8 Å². The van der Waals surface area contributed by atoms with E-state index in [2.05, 4.69) is 10.6 Å². The molecule has 3 aromatic carbocycles. The van der Waals surface area contributed by atoms with E-state index in [1.807, 2.05) is 42.5 Å². The van der Waals surface area contributed by atoms with E-state index in [0.29, 0.717) is 29.2 Å². The van der Waals surface area contributed by atoms with Crippen molar-refractivity contribution >= 4 is 29.3 Å². The van der Waals surface area contributed by atoms with Crippen molar-refractivity contribution in [3.63, 3.8) is 0 Å². The number of aryl methyl sites for hydroxylation is 1. The summed E-state index contributed by atoms with van der Waals surface area (Å²) in [5.74, 6) is 0.446. The van der Waals surface area contributed by atoms with Crippen LogP contribution in [0.2, 0.25) is 0 Å². The highest BCUT2D eigenvalue weighted by atomic mass is 32.2. The lowest BCUT2D eigenvalue weighted by molar-refractivity contribution is -0.118. The van der Waals surface area contributed by atoms with E-state index in [1.165, 1.54) is 17.8 Å². The van der Waals surface area contributed by atoms with Crippen molar-refractivity contribution in [2.45, 2.75) is 19.2 Å². The fourth-order valence-corrected chi connectivity index (χ4v) is 3.55. The summed E-state index contributed by atoms with van der Waals surface area (Å²) in [5, 5.41) is 5.65. The second-order valence-electron chi connectivity index (χ2n) is 6.87. The number of anilines is 1. The van der Waals surface area contributed by atoms with E-state index in [4.69, 9.17) is 0 Å². The van der Waals surface area contributed by atoms with Gasteiger partial charge >= 0.3 is 0 Å². The van der Waals surface area contributed by atoms with Crippen LogP contribution in [0.4, 0.5) is 10.1 Å². The number of nitrogens with one attached hydrogen (secondary N) is 2. The summed E-state index contributed by atoms with van der Waals surface area (Å²) >= 11 is 1.49. The van der Waals surface area contributed by atoms with Crippen molar-refractivity contribution < 1.29 is 14.0 Å². The van der Waals surface area contributed by atoms with Crippen LogP contribution < -0.4 is 10.6 Å². The van der Waals surface area contributed by atoms with Gasteiger partial charge in [0.15, 0.2) is 0 Å². The van der Waals surface area contributed by atoms with Crippen LogP contribution in [-0.4, -0.2) is 17.6 Å². The van der Waals surface area contributed by atoms with Gasteiger partial charge in [0.05, 0.1) is 5.75 Å². The lowest BCUT2D eigenvalue weighted by Crippen LogP contribution is -2.24. The number of thioether (sulfide) groups is 1. The molecule has 2 amide bonds. The Bertz CT molecular complexity index is 1010. The van der Waals surface area contributed by atoms with Gasteiger partial charge in [0.1, 0.15) is 5.82 Å². The molecule has 0 aliphatic carbocycles. The average Bonchev–Trinajstić information content (AvgIpc) is 2.76. The molecule has 0 saturated carbocycles. The van der Waals surface area contributed by atoms with Gasteiger partial charge in [-0.15, -0.1) is 11.8 Å². The van der Waals surface area contributed by atoms with Gasteiger partial charge in [0.2, 0.25) is 5.91 Å². The van der Waals surface area contributed by atoms with Crippen molar-refractivity contribution in [2.24, 2.45) is 0 Å². The number of carbonyl (C=O) groups excluding carboxylic acids is 2. The first-order valence-electron chi connectivity index (χ1n) is 9.56. The van der Waals surface area contributed by atoms with Crippen LogP contribution in [0.5, 0.6) is 0 Å². The zero-order valence-corrected chi connectivity index (χ0v) is 17.5. The van der Waals surface area contributed by atoms with Crippen LogP contribution in [0.25, 0.3) is 0 Å². The molecule has 0 bridgehead atoms. The van der Waals surface area contributed by atoms with Crippen LogP contribution in [0.3, 0.4) is 0 Å². The second kappa shape index (κ2) is 10.6. The summed E-state index contributed by atoms with van der Waals surface area (Å²) in [6.07, 6.45) is 0. The Morgan fingerprint density at radius 2 is 1.63 bits per heavy atom. The lowest BCUT2D eigenvalue weighted by Gasteiger charge is -2.08. The third-order valence-corrected chi connectivity index (χ3v) is 5.48. The highest BCUT2D eigenvalue weighted by molar-refractivity contribution is 7.99. The van der Waals surface area contributed by atoms with Crippen LogP contribution in [0.15, 0.2) is 72.8 Å². The Morgan fingerprint density at radius 3 is 2.33 bits per heavy atom. The minimum atomic E-state index is -0.267. The maximum absolute atomic E-state index is 13.5. The van der Waals surface area contributed by atoms with Crippen LogP contribution in [0, 0.1) is 12.7 Å². The monoisotopic (exact) mass is 422 g/mol. The molecule has 0 saturated heterocycles. The Balaban J connectivity index is 1.40. The number of carbonyl (C=O) groups is 2. The Morgan fingerprint density at radius 1 is 0.933 bits per heavy atom. The molecule has 0 aromatic heterocycles. The number of para-hydroxylation sites is 1. The normalized spacial score (nSPS) is 10.5.